The highest BCUT2D eigenvalue weighted by Gasteiger charge is 2.31. The largest absolute Gasteiger partial charge is 0.573 e. The number of benzene rings is 1. The Labute approximate surface area is 116 Å². The third-order valence-corrected chi connectivity index (χ3v) is 3.47. The number of hydrogen-bond acceptors (Lipinski definition) is 3. The minimum atomic E-state index is -4.64. The van der Waals surface area contributed by atoms with Gasteiger partial charge in [0.1, 0.15) is 5.75 Å². The molecule has 6 heteroatoms. The van der Waals surface area contributed by atoms with Gasteiger partial charge in [-0.15, -0.1) is 13.2 Å². The van der Waals surface area contributed by atoms with E-state index in [2.05, 4.69) is 9.64 Å². The lowest BCUT2D eigenvalue weighted by molar-refractivity contribution is -0.274. The van der Waals surface area contributed by atoms with E-state index >= 15 is 0 Å². The predicted octanol–water partition coefficient (Wildman–Crippen LogP) is 2.79. The third-order valence-electron chi connectivity index (χ3n) is 3.47. The summed E-state index contributed by atoms with van der Waals surface area (Å²) in [6.45, 7) is 2.82. The number of alkyl halides is 3. The summed E-state index contributed by atoms with van der Waals surface area (Å²) in [5, 5.41) is 8.90. The van der Waals surface area contributed by atoms with Crippen molar-refractivity contribution in [1.82, 2.24) is 4.90 Å². The highest BCUT2D eigenvalue weighted by atomic mass is 19.4. The van der Waals surface area contributed by atoms with E-state index in [-0.39, 0.29) is 12.4 Å². The first-order valence-electron chi connectivity index (χ1n) is 6.64. The van der Waals surface area contributed by atoms with Gasteiger partial charge in [0, 0.05) is 19.7 Å². The molecule has 1 aromatic carbocycles. The maximum atomic E-state index is 12.0. The first kappa shape index (κ1) is 15.1. The van der Waals surface area contributed by atoms with Gasteiger partial charge in [-0.25, -0.2) is 0 Å². The Balaban J connectivity index is 1.85. The van der Waals surface area contributed by atoms with Crippen LogP contribution in [-0.2, 0) is 6.54 Å². The topological polar surface area (TPSA) is 32.7 Å². The summed E-state index contributed by atoms with van der Waals surface area (Å²) < 4.78 is 39.9. The molecule has 1 atom stereocenters. The van der Waals surface area contributed by atoms with Crippen LogP contribution in [-0.4, -0.2) is 36.1 Å². The number of hydrogen-bond donors (Lipinski definition) is 1. The first-order chi connectivity index (χ1) is 9.46. The van der Waals surface area contributed by atoms with Crippen molar-refractivity contribution in [2.24, 2.45) is 5.92 Å². The summed E-state index contributed by atoms with van der Waals surface area (Å²) in [4.78, 5) is 2.25. The molecule has 0 amide bonds. The smallest absolute Gasteiger partial charge is 0.406 e. The fraction of sp³-hybridized carbons (Fsp3) is 0.571. The van der Waals surface area contributed by atoms with Crippen molar-refractivity contribution < 1.29 is 23.0 Å². The minimum Gasteiger partial charge on any atom is -0.406 e. The van der Waals surface area contributed by atoms with E-state index in [1.807, 2.05) is 0 Å². The Morgan fingerprint density at radius 3 is 2.55 bits per heavy atom. The average molecular weight is 289 g/mol. The Hall–Kier alpha value is -1.27. The average Bonchev–Trinajstić information content (AvgIpc) is 2.78. The molecule has 1 aromatic rings. The van der Waals surface area contributed by atoms with Gasteiger partial charge >= 0.3 is 6.36 Å². The first-order valence-corrected chi connectivity index (χ1v) is 6.64. The Morgan fingerprint density at radius 2 is 1.95 bits per heavy atom. The van der Waals surface area contributed by atoms with E-state index in [1.54, 1.807) is 12.1 Å². The maximum Gasteiger partial charge on any atom is 0.573 e. The molecule has 1 fully saturated rings. The molecule has 2 rings (SSSR count). The molecule has 0 bridgehead atoms. The quantitative estimate of drug-likeness (QED) is 0.904. The molecule has 1 saturated heterocycles. The van der Waals surface area contributed by atoms with Gasteiger partial charge in [0.25, 0.3) is 0 Å². The minimum absolute atomic E-state index is 0.194. The van der Waals surface area contributed by atoms with Crippen LogP contribution in [0.5, 0.6) is 5.75 Å². The van der Waals surface area contributed by atoms with Crippen molar-refractivity contribution in [1.29, 1.82) is 0 Å². The molecular weight excluding hydrogens is 271 g/mol. The van der Waals surface area contributed by atoms with E-state index in [4.69, 9.17) is 5.11 Å². The standard InChI is InChI=1S/C14H18F3NO2/c15-14(16,17)20-13-3-1-11(2-4-13)9-18-7-5-12(10-18)6-8-19/h1-4,12,19H,5-10H2. The van der Waals surface area contributed by atoms with Crippen LogP contribution < -0.4 is 4.74 Å². The van der Waals surface area contributed by atoms with Crippen molar-refractivity contribution in [3.63, 3.8) is 0 Å². The highest BCUT2D eigenvalue weighted by molar-refractivity contribution is 5.27. The number of ether oxygens (including phenoxy) is 1. The molecule has 0 saturated carbocycles. The summed E-state index contributed by atoms with van der Waals surface area (Å²) in [7, 11) is 0. The molecule has 1 aliphatic heterocycles. The van der Waals surface area contributed by atoms with Gasteiger partial charge in [-0.2, -0.15) is 0 Å². The zero-order chi connectivity index (χ0) is 14.6. The predicted molar refractivity (Wildman–Crippen MR) is 68.2 cm³/mol. The second-order valence-electron chi connectivity index (χ2n) is 5.09. The van der Waals surface area contributed by atoms with E-state index in [9.17, 15) is 13.2 Å². The summed E-state index contributed by atoms with van der Waals surface area (Å²) in [6.07, 6.45) is -2.77. The fourth-order valence-electron chi connectivity index (χ4n) is 2.53. The number of likely N-dealkylation sites (tertiary alicyclic amines) is 1. The van der Waals surface area contributed by atoms with E-state index in [0.29, 0.717) is 12.5 Å². The molecule has 1 aliphatic rings. The zero-order valence-electron chi connectivity index (χ0n) is 11.1. The SMILES string of the molecule is OCCC1CCN(Cc2ccc(OC(F)(F)F)cc2)C1. The molecule has 1 unspecified atom stereocenters. The number of aliphatic hydroxyl groups excluding tert-OH is 1. The summed E-state index contributed by atoms with van der Waals surface area (Å²) in [5.74, 6) is 0.327. The molecule has 0 aromatic heterocycles. The number of rotatable bonds is 5. The lowest BCUT2D eigenvalue weighted by Crippen LogP contribution is -2.20. The monoisotopic (exact) mass is 289 g/mol. The van der Waals surface area contributed by atoms with Crippen LogP contribution in [0.25, 0.3) is 0 Å². The molecule has 20 heavy (non-hydrogen) atoms. The Bertz CT molecular complexity index is 419. The van der Waals surface area contributed by atoms with Crippen LogP contribution in [0.2, 0.25) is 0 Å². The Morgan fingerprint density at radius 1 is 1.25 bits per heavy atom. The van der Waals surface area contributed by atoms with Crippen LogP contribution in [0, 0.1) is 5.92 Å². The number of aliphatic hydroxyl groups is 1. The molecule has 112 valence electrons. The van der Waals surface area contributed by atoms with Crippen molar-refractivity contribution in [3.8, 4) is 5.75 Å². The third kappa shape index (κ3) is 4.68. The van der Waals surface area contributed by atoms with Crippen molar-refractivity contribution in [2.75, 3.05) is 19.7 Å². The van der Waals surface area contributed by atoms with E-state index in [0.717, 1.165) is 31.5 Å². The second kappa shape index (κ2) is 6.45. The van der Waals surface area contributed by atoms with E-state index in [1.165, 1.54) is 12.1 Å². The van der Waals surface area contributed by atoms with Crippen molar-refractivity contribution >= 4 is 0 Å². The van der Waals surface area contributed by atoms with Gasteiger partial charge in [0.05, 0.1) is 0 Å². The van der Waals surface area contributed by atoms with Gasteiger partial charge in [0.15, 0.2) is 0 Å². The van der Waals surface area contributed by atoms with Gasteiger partial charge in [0.2, 0.25) is 0 Å². The van der Waals surface area contributed by atoms with Gasteiger partial charge in [-0.1, -0.05) is 12.1 Å². The van der Waals surface area contributed by atoms with Crippen LogP contribution in [0.1, 0.15) is 18.4 Å². The van der Waals surface area contributed by atoms with Crippen LogP contribution in [0.3, 0.4) is 0 Å². The Kier molecular flexibility index (Phi) is 4.88. The molecule has 1 heterocycles. The van der Waals surface area contributed by atoms with Gasteiger partial charge in [-0.05, 0) is 43.0 Å². The zero-order valence-corrected chi connectivity index (χ0v) is 11.1. The molecule has 0 radical (unpaired) electrons. The highest BCUT2D eigenvalue weighted by Crippen LogP contribution is 2.24. The van der Waals surface area contributed by atoms with E-state index < -0.39 is 6.36 Å². The molecule has 1 N–H and O–H groups in total. The van der Waals surface area contributed by atoms with Gasteiger partial charge in [-0.3, -0.25) is 4.90 Å². The molecule has 0 spiro atoms. The fourth-order valence-corrected chi connectivity index (χ4v) is 2.53. The molecule has 3 nitrogen and oxygen atoms in total. The number of nitrogens with zero attached hydrogens (tertiary/aromatic N) is 1. The van der Waals surface area contributed by atoms with Gasteiger partial charge < -0.3 is 9.84 Å². The molecular formula is C14H18F3NO2. The summed E-state index contributed by atoms with van der Waals surface area (Å²) >= 11 is 0. The number of halogens is 3. The van der Waals surface area contributed by atoms with Crippen molar-refractivity contribution in [3.05, 3.63) is 29.8 Å². The maximum absolute atomic E-state index is 12.0. The summed E-state index contributed by atoms with van der Waals surface area (Å²) in [6, 6.07) is 5.98. The lowest BCUT2D eigenvalue weighted by atomic mass is 10.1. The van der Waals surface area contributed by atoms with Crippen LogP contribution in [0.15, 0.2) is 24.3 Å². The van der Waals surface area contributed by atoms with Crippen LogP contribution in [0.4, 0.5) is 13.2 Å². The summed E-state index contributed by atoms with van der Waals surface area (Å²) in [5.41, 5.74) is 0.962. The van der Waals surface area contributed by atoms with Crippen LogP contribution >= 0.6 is 0 Å². The molecule has 0 aliphatic carbocycles. The normalized spacial score (nSPS) is 20.3. The lowest BCUT2D eigenvalue weighted by Gasteiger charge is -2.16. The second-order valence-corrected chi connectivity index (χ2v) is 5.09. The van der Waals surface area contributed by atoms with Crippen molar-refractivity contribution in [2.45, 2.75) is 25.7 Å².